The molecule has 0 saturated carbocycles. The van der Waals surface area contributed by atoms with E-state index in [1.165, 1.54) is 4.68 Å². The molecule has 8 heteroatoms. The van der Waals surface area contributed by atoms with Crippen molar-refractivity contribution in [1.82, 2.24) is 19.4 Å². The summed E-state index contributed by atoms with van der Waals surface area (Å²) < 4.78 is 28.5. The lowest BCUT2D eigenvalue weighted by atomic mass is 10.3. The van der Waals surface area contributed by atoms with Crippen LogP contribution in [0.4, 0.5) is 5.82 Å². The van der Waals surface area contributed by atoms with Crippen molar-refractivity contribution in [2.45, 2.75) is 38.1 Å². The number of nitrogen functional groups attached to an aromatic ring is 1. The van der Waals surface area contributed by atoms with E-state index in [-0.39, 0.29) is 10.7 Å². The number of nitrogens with one attached hydrogen (secondary N) is 1. The Balaban J connectivity index is 2.63. The Morgan fingerprint density at radius 3 is 2.50 bits per heavy atom. The second-order valence-corrected chi connectivity index (χ2v) is 6.95. The molecule has 1 aromatic heterocycles. The summed E-state index contributed by atoms with van der Waals surface area (Å²) >= 11 is 0. The number of sulfonamides is 1. The number of aromatic nitrogens is 2. The zero-order valence-corrected chi connectivity index (χ0v) is 13.7. The Labute approximate surface area is 121 Å². The first-order valence-corrected chi connectivity index (χ1v) is 8.14. The van der Waals surface area contributed by atoms with Crippen LogP contribution in [-0.2, 0) is 17.1 Å². The quantitative estimate of drug-likeness (QED) is 0.708. The van der Waals surface area contributed by atoms with Crippen LogP contribution in [0.2, 0.25) is 0 Å². The molecule has 0 spiro atoms. The zero-order valence-electron chi connectivity index (χ0n) is 12.8. The zero-order chi connectivity index (χ0) is 15.5. The maximum absolute atomic E-state index is 12.2. The summed E-state index contributed by atoms with van der Waals surface area (Å²) in [5, 5.41) is 3.92. The van der Waals surface area contributed by atoms with E-state index in [9.17, 15) is 8.42 Å². The number of nitrogens with zero attached hydrogens (tertiary/aromatic N) is 3. The molecule has 0 bridgehead atoms. The van der Waals surface area contributed by atoms with Crippen molar-refractivity contribution in [3.05, 3.63) is 5.69 Å². The third-order valence-corrected chi connectivity index (χ3v) is 5.06. The van der Waals surface area contributed by atoms with Gasteiger partial charge < -0.3 is 10.6 Å². The molecule has 3 N–H and O–H groups in total. The molecule has 1 rings (SSSR count). The van der Waals surface area contributed by atoms with Crippen molar-refractivity contribution in [3.63, 3.8) is 0 Å². The van der Waals surface area contributed by atoms with Gasteiger partial charge >= 0.3 is 0 Å². The highest BCUT2D eigenvalue weighted by molar-refractivity contribution is 7.89. The Morgan fingerprint density at radius 2 is 2.05 bits per heavy atom. The summed E-state index contributed by atoms with van der Waals surface area (Å²) in [5.41, 5.74) is 6.20. The Hall–Kier alpha value is -1.12. The molecule has 7 nitrogen and oxygen atoms in total. The highest BCUT2D eigenvalue weighted by Crippen LogP contribution is 2.20. The largest absolute Gasteiger partial charge is 0.381 e. The van der Waals surface area contributed by atoms with E-state index in [2.05, 4.69) is 28.6 Å². The monoisotopic (exact) mass is 303 g/mol. The fourth-order valence-electron chi connectivity index (χ4n) is 1.81. The summed E-state index contributed by atoms with van der Waals surface area (Å²) in [5.74, 6) is 0.0387. The molecule has 1 heterocycles. The first-order valence-electron chi connectivity index (χ1n) is 6.65. The van der Waals surface area contributed by atoms with Gasteiger partial charge in [-0.05, 0) is 40.8 Å². The number of hydrogen-bond donors (Lipinski definition) is 2. The van der Waals surface area contributed by atoms with Crippen molar-refractivity contribution in [2.24, 2.45) is 7.05 Å². The minimum absolute atomic E-state index is 0.0387. The first kappa shape index (κ1) is 16.9. The van der Waals surface area contributed by atoms with Gasteiger partial charge in [-0.3, -0.25) is 4.68 Å². The van der Waals surface area contributed by atoms with E-state index < -0.39 is 10.0 Å². The molecule has 0 unspecified atom stereocenters. The van der Waals surface area contributed by atoms with Gasteiger partial charge in [0.15, 0.2) is 5.82 Å². The summed E-state index contributed by atoms with van der Waals surface area (Å²) in [6.45, 7) is 7.10. The molecule has 0 radical (unpaired) electrons. The lowest BCUT2D eigenvalue weighted by molar-refractivity contribution is 0.271. The van der Waals surface area contributed by atoms with Gasteiger partial charge in [-0.25, -0.2) is 13.1 Å². The van der Waals surface area contributed by atoms with E-state index in [4.69, 9.17) is 5.73 Å². The molecule has 0 saturated heterocycles. The van der Waals surface area contributed by atoms with E-state index in [0.717, 1.165) is 13.0 Å². The first-order chi connectivity index (χ1) is 9.16. The van der Waals surface area contributed by atoms with Crippen molar-refractivity contribution >= 4 is 15.8 Å². The average molecular weight is 303 g/mol. The Morgan fingerprint density at radius 1 is 1.45 bits per heavy atom. The number of anilines is 1. The van der Waals surface area contributed by atoms with Gasteiger partial charge in [-0.15, -0.1) is 0 Å². The maximum atomic E-state index is 12.2. The van der Waals surface area contributed by atoms with Crippen LogP contribution in [0, 0.1) is 6.92 Å². The van der Waals surface area contributed by atoms with Gasteiger partial charge in [0.05, 0.1) is 5.69 Å². The van der Waals surface area contributed by atoms with Crippen LogP contribution in [-0.4, -0.2) is 49.3 Å². The third kappa shape index (κ3) is 3.94. The fraction of sp³-hybridized carbons (Fsp3) is 0.750. The smallest absolute Gasteiger partial charge is 0.246 e. The topological polar surface area (TPSA) is 93.2 Å². The number of hydrogen-bond acceptors (Lipinski definition) is 5. The van der Waals surface area contributed by atoms with Gasteiger partial charge in [0.25, 0.3) is 0 Å². The lowest BCUT2D eigenvalue weighted by Gasteiger charge is -2.20. The standard InChI is InChI=1S/C12H25N5O2S/c1-9(2)16(4)8-6-7-14-20(18,19)11-10(3)17(5)15-12(11)13/h9,14H,6-8H2,1-5H3,(H2,13,15). The van der Waals surface area contributed by atoms with Crippen LogP contribution in [0.25, 0.3) is 0 Å². The van der Waals surface area contributed by atoms with Crippen LogP contribution < -0.4 is 10.5 Å². The third-order valence-electron chi connectivity index (χ3n) is 3.43. The number of rotatable bonds is 7. The molecule has 0 fully saturated rings. The highest BCUT2D eigenvalue weighted by Gasteiger charge is 2.23. The van der Waals surface area contributed by atoms with Crippen LogP contribution in [0.15, 0.2) is 4.90 Å². The van der Waals surface area contributed by atoms with Crippen molar-refractivity contribution in [1.29, 1.82) is 0 Å². The predicted molar refractivity (Wildman–Crippen MR) is 79.9 cm³/mol. The molecule has 0 aliphatic heterocycles. The van der Waals surface area contributed by atoms with Gasteiger partial charge in [-0.2, -0.15) is 5.10 Å². The van der Waals surface area contributed by atoms with Crippen molar-refractivity contribution in [3.8, 4) is 0 Å². The second-order valence-electron chi connectivity index (χ2n) is 5.25. The summed E-state index contributed by atoms with van der Waals surface area (Å²) in [6, 6.07) is 0.447. The highest BCUT2D eigenvalue weighted by atomic mass is 32.2. The molecular weight excluding hydrogens is 278 g/mol. The predicted octanol–water partition coefficient (Wildman–Crippen LogP) is 0.319. The molecule has 0 aliphatic rings. The SMILES string of the molecule is Cc1c(S(=O)(=O)NCCCN(C)C(C)C)c(N)nn1C. The maximum Gasteiger partial charge on any atom is 0.246 e. The van der Waals surface area contributed by atoms with Gasteiger partial charge in [0.1, 0.15) is 4.90 Å². The van der Waals surface area contributed by atoms with Crippen molar-refractivity contribution < 1.29 is 8.42 Å². The normalized spacial score (nSPS) is 12.6. The summed E-state index contributed by atoms with van der Waals surface area (Å²) in [6.07, 6.45) is 0.743. The van der Waals surface area contributed by atoms with Gasteiger partial charge in [0, 0.05) is 19.6 Å². The van der Waals surface area contributed by atoms with Crippen LogP contribution >= 0.6 is 0 Å². The van der Waals surface area contributed by atoms with Gasteiger partial charge in [0.2, 0.25) is 10.0 Å². The van der Waals surface area contributed by atoms with Gasteiger partial charge in [-0.1, -0.05) is 0 Å². The summed E-state index contributed by atoms with van der Waals surface area (Å²) in [4.78, 5) is 2.25. The van der Waals surface area contributed by atoms with Crippen LogP contribution in [0.1, 0.15) is 26.0 Å². The molecule has 116 valence electrons. The second kappa shape index (κ2) is 6.55. The fourth-order valence-corrected chi connectivity index (χ4v) is 3.21. The molecule has 0 aliphatic carbocycles. The molecule has 0 atom stereocenters. The molecule has 20 heavy (non-hydrogen) atoms. The Kier molecular flexibility index (Phi) is 5.55. The van der Waals surface area contributed by atoms with Crippen LogP contribution in [0.5, 0.6) is 0 Å². The molecular formula is C12H25N5O2S. The molecule has 0 aromatic carbocycles. The Bertz CT molecular complexity index is 550. The minimum atomic E-state index is -3.60. The summed E-state index contributed by atoms with van der Waals surface area (Å²) in [7, 11) is 0.0894. The minimum Gasteiger partial charge on any atom is -0.381 e. The van der Waals surface area contributed by atoms with E-state index in [1.54, 1.807) is 14.0 Å². The van der Waals surface area contributed by atoms with Crippen molar-refractivity contribution in [2.75, 3.05) is 25.9 Å². The van der Waals surface area contributed by atoms with E-state index in [1.807, 2.05) is 7.05 Å². The molecule has 0 amide bonds. The lowest BCUT2D eigenvalue weighted by Crippen LogP contribution is -2.31. The van der Waals surface area contributed by atoms with Crippen LogP contribution in [0.3, 0.4) is 0 Å². The average Bonchev–Trinajstić information content (AvgIpc) is 2.58. The number of aryl methyl sites for hydroxylation is 1. The van der Waals surface area contributed by atoms with E-state index >= 15 is 0 Å². The molecule has 1 aromatic rings. The van der Waals surface area contributed by atoms with E-state index in [0.29, 0.717) is 18.3 Å². The number of nitrogens with two attached hydrogens (primary N) is 1.